The van der Waals surface area contributed by atoms with E-state index >= 15 is 0 Å². The first-order chi connectivity index (χ1) is 5.61. The fourth-order valence-electron chi connectivity index (χ4n) is 0.914. The van der Waals surface area contributed by atoms with E-state index in [0.717, 1.165) is 0 Å². The lowest BCUT2D eigenvalue weighted by Gasteiger charge is -2.33. The second kappa shape index (κ2) is 3.72. The molecule has 0 aliphatic carbocycles. The number of ether oxygens (including phenoxy) is 2. The van der Waals surface area contributed by atoms with Crippen LogP contribution in [0.2, 0.25) is 0 Å². The number of rotatable bonds is 3. The zero-order valence-electron chi connectivity index (χ0n) is 7.50. The van der Waals surface area contributed by atoms with Crippen LogP contribution < -0.4 is 0 Å². The highest BCUT2D eigenvalue weighted by atomic mass is 16.5. The highest BCUT2D eigenvalue weighted by Crippen LogP contribution is 2.19. The van der Waals surface area contributed by atoms with Crippen molar-refractivity contribution in [2.24, 2.45) is 5.92 Å². The fraction of sp³-hybridized carbons (Fsp3) is 0.667. The number of hydrogen-bond acceptors (Lipinski definition) is 3. The summed E-state index contributed by atoms with van der Waals surface area (Å²) in [5.41, 5.74) is 0.447. The zero-order valence-corrected chi connectivity index (χ0v) is 7.50. The standard InChI is InChI=1S/C9H14O3/c1-6(2)9(10)12-5-8-4-11-7(8)3/h7-8H,1,4-5H2,2-3H3. The quantitative estimate of drug-likeness (QED) is 0.470. The molecule has 0 bridgehead atoms. The van der Waals surface area contributed by atoms with Gasteiger partial charge in [0, 0.05) is 11.5 Å². The molecule has 3 heteroatoms. The van der Waals surface area contributed by atoms with Crippen molar-refractivity contribution in [2.45, 2.75) is 20.0 Å². The molecule has 0 radical (unpaired) electrons. The number of carbonyl (C=O) groups is 1. The van der Waals surface area contributed by atoms with Crippen molar-refractivity contribution in [3.8, 4) is 0 Å². The lowest BCUT2D eigenvalue weighted by molar-refractivity contribution is -0.156. The van der Waals surface area contributed by atoms with Crippen LogP contribution in [-0.4, -0.2) is 25.3 Å². The lowest BCUT2D eigenvalue weighted by atomic mass is 10.0. The Morgan fingerprint density at radius 2 is 2.42 bits per heavy atom. The average Bonchev–Trinajstić information content (AvgIpc) is 2.01. The van der Waals surface area contributed by atoms with Gasteiger partial charge in [-0.2, -0.15) is 0 Å². The predicted octanol–water partition coefficient (Wildman–Crippen LogP) is 1.14. The molecule has 1 rings (SSSR count). The molecule has 1 saturated heterocycles. The van der Waals surface area contributed by atoms with E-state index in [-0.39, 0.29) is 12.1 Å². The molecule has 0 aromatic carbocycles. The zero-order chi connectivity index (χ0) is 9.14. The number of esters is 1. The summed E-state index contributed by atoms with van der Waals surface area (Å²) in [5, 5.41) is 0. The van der Waals surface area contributed by atoms with Gasteiger partial charge in [0.25, 0.3) is 0 Å². The summed E-state index contributed by atoms with van der Waals surface area (Å²) in [6, 6.07) is 0. The van der Waals surface area contributed by atoms with Gasteiger partial charge in [-0.15, -0.1) is 0 Å². The monoisotopic (exact) mass is 170 g/mol. The summed E-state index contributed by atoms with van der Waals surface area (Å²) in [5.74, 6) is 0.0578. The minimum atomic E-state index is -0.311. The molecule has 12 heavy (non-hydrogen) atoms. The molecule has 1 aliphatic rings. The van der Waals surface area contributed by atoms with E-state index in [9.17, 15) is 4.79 Å². The fourth-order valence-corrected chi connectivity index (χ4v) is 0.914. The normalized spacial score (nSPS) is 27.5. The van der Waals surface area contributed by atoms with Crippen LogP contribution in [0.4, 0.5) is 0 Å². The van der Waals surface area contributed by atoms with E-state index in [0.29, 0.717) is 24.7 Å². The van der Waals surface area contributed by atoms with E-state index < -0.39 is 0 Å². The summed E-state index contributed by atoms with van der Waals surface area (Å²) >= 11 is 0. The molecule has 0 aromatic rings. The third-order valence-corrected chi connectivity index (χ3v) is 2.01. The smallest absolute Gasteiger partial charge is 0.333 e. The maximum absolute atomic E-state index is 10.9. The van der Waals surface area contributed by atoms with Crippen molar-refractivity contribution in [3.05, 3.63) is 12.2 Å². The van der Waals surface area contributed by atoms with Crippen molar-refractivity contribution in [3.63, 3.8) is 0 Å². The molecule has 0 aromatic heterocycles. The first-order valence-corrected chi connectivity index (χ1v) is 4.05. The topological polar surface area (TPSA) is 35.5 Å². The van der Waals surface area contributed by atoms with Gasteiger partial charge in [-0.25, -0.2) is 4.79 Å². The molecule has 0 spiro atoms. The third-order valence-electron chi connectivity index (χ3n) is 2.01. The van der Waals surface area contributed by atoms with Crippen molar-refractivity contribution in [1.29, 1.82) is 0 Å². The first-order valence-electron chi connectivity index (χ1n) is 4.05. The maximum Gasteiger partial charge on any atom is 0.333 e. The Bertz CT molecular complexity index is 198. The van der Waals surface area contributed by atoms with E-state index in [1.165, 1.54) is 0 Å². The van der Waals surface area contributed by atoms with Gasteiger partial charge in [0.05, 0.1) is 19.3 Å². The van der Waals surface area contributed by atoms with E-state index in [2.05, 4.69) is 6.58 Å². The molecule has 0 N–H and O–H groups in total. The van der Waals surface area contributed by atoms with Gasteiger partial charge in [0.1, 0.15) is 0 Å². The molecular weight excluding hydrogens is 156 g/mol. The van der Waals surface area contributed by atoms with Crippen LogP contribution in [0.5, 0.6) is 0 Å². The van der Waals surface area contributed by atoms with Crippen LogP contribution in [0.3, 0.4) is 0 Å². The summed E-state index contributed by atoms with van der Waals surface area (Å²) < 4.78 is 10.1. The average molecular weight is 170 g/mol. The van der Waals surface area contributed by atoms with Gasteiger partial charge in [-0.1, -0.05) is 6.58 Å². The number of hydrogen-bond donors (Lipinski definition) is 0. The van der Waals surface area contributed by atoms with E-state index in [4.69, 9.17) is 9.47 Å². The first kappa shape index (κ1) is 9.26. The van der Waals surface area contributed by atoms with Crippen molar-refractivity contribution in [1.82, 2.24) is 0 Å². The van der Waals surface area contributed by atoms with Crippen LogP contribution in [0, 0.1) is 5.92 Å². The Morgan fingerprint density at radius 3 is 2.75 bits per heavy atom. The Labute approximate surface area is 72.4 Å². The predicted molar refractivity (Wildman–Crippen MR) is 44.7 cm³/mol. The van der Waals surface area contributed by atoms with Crippen molar-refractivity contribution in [2.75, 3.05) is 13.2 Å². The maximum atomic E-state index is 10.9. The molecule has 1 heterocycles. The SMILES string of the molecule is C=C(C)C(=O)OCC1COC1C. The van der Waals surface area contributed by atoms with E-state index in [1.807, 2.05) is 6.92 Å². The van der Waals surface area contributed by atoms with Crippen molar-refractivity contribution >= 4 is 5.97 Å². The molecule has 3 nitrogen and oxygen atoms in total. The molecule has 0 saturated carbocycles. The van der Waals surface area contributed by atoms with Crippen LogP contribution in [0.1, 0.15) is 13.8 Å². The molecule has 68 valence electrons. The Hall–Kier alpha value is -0.830. The van der Waals surface area contributed by atoms with Gasteiger partial charge in [0.15, 0.2) is 0 Å². The molecular formula is C9H14O3. The molecule has 2 atom stereocenters. The van der Waals surface area contributed by atoms with Gasteiger partial charge in [-0.3, -0.25) is 0 Å². The highest BCUT2D eigenvalue weighted by Gasteiger charge is 2.28. The van der Waals surface area contributed by atoms with Crippen molar-refractivity contribution < 1.29 is 14.3 Å². The van der Waals surface area contributed by atoms with Crippen LogP contribution in [0.25, 0.3) is 0 Å². The molecule has 2 unspecified atom stereocenters. The van der Waals surface area contributed by atoms with Crippen LogP contribution in [0.15, 0.2) is 12.2 Å². The van der Waals surface area contributed by atoms with Crippen LogP contribution >= 0.6 is 0 Å². The van der Waals surface area contributed by atoms with Gasteiger partial charge >= 0.3 is 5.97 Å². The minimum Gasteiger partial charge on any atom is -0.462 e. The second-order valence-electron chi connectivity index (χ2n) is 3.18. The molecule has 1 fully saturated rings. The van der Waals surface area contributed by atoms with Gasteiger partial charge < -0.3 is 9.47 Å². The molecule has 0 amide bonds. The minimum absolute atomic E-state index is 0.225. The summed E-state index contributed by atoms with van der Waals surface area (Å²) in [7, 11) is 0. The van der Waals surface area contributed by atoms with E-state index in [1.54, 1.807) is 6.92 Å². The summed E-state index contributed by atoms with van der Waals surface area (Å²) in [4.78, 5) is 10.9. The van der Waals surface area contributed by atoms with Crippen LogP contribution in [-0.2, 0) is 14.3 Å². The molecule has 1 aliphatic heterocycles. The Balaban J connectivity index is 2.17. The van der Waals surface area contributed by atoms with Gasteiger partial charge in [0.2, 0.25) is 0 Å². The Kier molecular flexibility index (Phi) is 2.87. The highest BCUT2D eigenvalue weighted by molar-refractivity contribution is 5.86. The third kappa shape index (κ3) is 2.08. The lowest BCUT2D eigenvalue weighted by Crippen LogP contribution is -2.40. The Morgan fingerprint density at radius 1 is 1.75 bits per heavy atom. The largest absolute Gasteiger partial charge is 0.462 e. The second-order valence-corrected chi connectivity index (χ2v) is 3.18. The number of carbonyl (C=O) groups excluding carboxylic acids is 1. The van der Waals surface area contributed by atoms with Gasteiger partial charge in [-0.05, 0) is 13.8 Å². The summed E-state index contributed by atoms with van der Waals surface area (Å²) in [6.45, 7) is 8.26. The summed E-state index contributed by atoms with van der Waals surface area (Å²) in [6.07, 6.45) is 0.225.